The number of hydrogen-bond donors (Lipinski definition) is 0. The first-order valence-electron chi connectivity index (χ1n) is 19.1. The highest BCUT2D eigenvalue weighted by Gasteiger charge is 2.43. The molecule has 2 aliphatic rings. The molecule has 1 fully saturated rings. The van der Waals surface area contributed by atoms with Crippen LogP contribution in [0, 0.1) is 0 Å². The van der Waals surface area contributed by atoms with Crippen molar-refractivity contribution in [1.82, 2.24) is 15.0 Å². The quantitative estimate of drug-likeness (QED) is 0.174. The van der Waals surface area contributed by atoms with Crippen LogP contribution in [0.25, 0.3) is 78.7 Å². The lowest BCUT2D eigenvalue weighted by molar-refractivity contribution is 0.353. The zero-order valence-corrected chi connectivity index (χ0v) is 30.1. The second-order valence-electron chi connectivity index (χ2n) is 14.7. The van der Waals surface area contributed by atoms with E-state index in [1.54, 1.807) is 0 Å². The molecule has 3 nitrogen and oxygen atoms in total. The Hall–Kier alpha value is -6.45. The van der Waals surface area contributed by atoms with Crippen molar-refractivity contribution >= 4 is 0 Å². The van der Waals surface area contributed by atoms with Crippen LogP contribution in [0.2, 0.25) is 0 Å². The molecule has 54 heavy (non-hydrogen) atoms. The minimum absolute atomic E-state index is 0.146. The zero-order chi connectivity index (χ0) is 35.9. The van der Waals surface area contributed by atoms with Gasteiger partial charge in [-0.1, -0.05) is 177 Å². The first-order chi connectivity index (χ1) is 26.7. The molecule has 0 radical (unpaired) electrons. The van der Waals surface area contributed by atoms with Gasteiger partial charge in [-0.3, -0.25) is 0 Å². The summed E-state index contributed by atoms with van der Waals surface area (Å²) >= 11 is 0. The van der Waals surface area contributed by atoms with Crippen molar-refractivity contribution in [3.8, 4) is 78.7 Å². The van der Waals surface area contributed by atoms with E-state index in [0.717, 1.165) is 33.4 Å². The Balaban J connectivity index is 0.990. The molecule has 0 atom stereocenters. The van der Waals surface area contributed by atoms with Crippen molar-refractivity contribution < 1.29 is 0 Å². The molecule has 1 spiro atoms. The molecule has 10 rings (SSSR count). The maximum absolute atomic E-state index is 5.05. The van der Waals surface area contributed by atoms with Gasteiger partial charge >= 0.3 is 0 Å². The van der Waals surface area contributed by atoms with Crippen LogP contribution >= 0.6 is 0 Å². The number of rotatable bonds is 6. The fourth-order valence-electron chi connectivity index (χ4n) is 8.84. The number of nitrogens with zero attached hydrogens (tertiary/aromatic N) is 3. The predicted octanol–water partition coefficient (Wildman–Crippen LogP) is 13.1. The molecule has 0 saturated heterocycles. The van der Waals surface area contributed by atoms with E-state index in [1.165, 1.54) is 71.0 Å². The average Bonchev–Trinajstić information content (AvgIpc) is 3.52. The van der Waals surface area contributed by atoms with Gasteiger partial charge in [-0.05, 0) is 86.7 Å². The molecule has 0 unspecified atom stereocenters. The summed E-state index contributed by atoms with van der Waals surface area (Å²) in [6.45, 7) is 0. The molecule has 7 aromatic carbocycles. The second kappa shape index (κ2) is 13.5. The van der Waals surface area contributed by atoms with Crippen molar-refractivity contribution in [3.05, 3.63) is 187 Å². The van der Waals surface area contributed by atoms with E-state index in [-0.39, 0.29) is 5.41 Å². The summed E-state index contributed by atoms with van der Waals surface area (Å²) in [5.41, 5.74) is 16.1. The lowest BCUT2D eigenvalue weighted by atomic mass is 9.67. The minimum Gasteiger partial charge on any atom is -0.208 e. The lowest BCUT2D eigenvalue weighted by Gasteiger charge is -2.36. The van der Waals surface area contributed by atoms with Gasteiger partial charge in [0.15, 0.2) is 17.5 Å². The highest BCUT2D eigenvalue weighted by molar-refractivity contribution is 5.85. The number of fused-ring (bicyclic) bond motifs is 5. The first kappa shape index (κ1) is 32.2. The Bertz CT molecular complexity index is 2620. The highest BCUT2D eigenvalue weighted by Crippen LogP contribution is 2.56. The smallest absolute Gasteiger partial charge is 0.164 e. The summed E-state index contributed by atoms with van der Waals surface area (Å²) in [6.07, 6.45) is 6.41. The number of benzene rings is 7. The minimum atomic E-state index is 0.146. The largest absolute Gasteiger partial charge is 0.208 e. The summed E-state index contributed by atoms with van der Waals surface area (Å²) in [5, 5.41) is 0. The number of hydrogen-bond acceptors (Lipinski definition) is 3. The van der Waals surface area contributed by atoms with Gasteiger partial charge in [-0.25, -0.2) is 15.0 Å². The molecular weight excluding hydrogens is 655 g/mol. The lowest BCUT2D eigenvalue weighted by Crippen LogP contribution is -2.28. The monoisotopic (exact) mass is 693 g/mol. The Labute approximate surface area is 317 Å². The SMILES string of the molecule is c1ccc(-c2cccc(-c3nc(-c4ccccc4)nc(-c4ccc(-c5cccc(-c6ccc7c(c6)C6(CCCCC6)c6ccccc6-7)c5)cc4)n3)c2)cc1. The van der Waals surface area contributed by atoms with Crippen LogP contribution in [0.15, 0.2) is 176 Å². The van der Waals surface area contributed by atoms with Crippen LogP contribution in [-0.2, 0) is 5.41 Å². The highest BCUT2D eigenvalue weighted by atomic mass is 15.0. The van der Waals surface area contributed by atoms with E-state index in [2.05, 4.69) is 140 Å². The summed E-state index contributed by atoms with van der Waals surface area (Å²) in [4.78, 5) is 15.0. The van der Waals surface area contributed by atoms with Crippen molar-refractivity contribution in [2.45, 2.75) is 37.5 Å². The van der Waals surface area contributed by atoms with E-state index in [1.807, 2.05) is 36.4 Å². The van der Waals surface area contributed by atoms with Gasteiger partial charge in [-0.2, -0.15) is 0 Å². The predicted molar refractivity (Wildman–Crippen MR) is 222 cm³/mol. The Morgan fingerprint density at radius 3 is 1.41 bits per heavy atom. The standard InChI is InChI=1S/C51H39N3/c1-4-14-35(15-5-1)40-19-13-21-43(33-40)50-53-48(37-16-6-2-7-17-37)52-49(54-50)38-26-24-36(25-27-38)39-18-12-20-41(32-39)42-28-29-45-44-22-8-9-23-46(44)51(47(45)34-42)30-10-3-11-31-51/h1-2,4-9,12-29,32-34H,3,10-11,30-31H2. The van der Waals surface area contributed by atoms with Crippen LogP contribution in [0.5, 0.6) is 0 Å². The topological polar surface area (TPSA) is 38.7 Å². The zero-order valence-electron chi connectivity index (χ0n) is 30.1. The molecule has 2 aliphatic carbocycles. The second-order valence-corrected chi connectivity index (χ2v) is 14.7. The van der Waals surface area contributed by atoms with Gasteiger partial charge in [0.1, 0.15) is 0 Å². The molecule has 0 bridgehead atoms. The van der Waals surface area contributed by atoms with Gasteiger partial charge < -0.3 is 0 Å². The maximum Gasteiger partial charge on any atom is 0.164 e. The average molecular weight is 694 g/mol. The maximum atomic E-state index is 5.05. The van der Waals surface area contributed by atoms with Crippen molar-refractivity contribution in [2.24, 2.45) is 0 Å². The van der Waals surface area contributed by atoms with Crippen LogP contribution in [0.1, 0.15) is 43.2 Å². The van der Waals surface area contributed by atoms with Gasteiger partial charge in [0.05, 0.1) is 0 Å². The third kappa shape index (κ3) is 5.74. The third-order valence-electron chi connectivity index (χ3n) is 11.5. The van der Waals surface area contributed by atoms with Gasteiger partial charge in [0.2, 0.25) is 0 Å². The van der Waals surface area contributed by atoms with Crippen LogP contribution < -0.4 is 0 Å². The van der Waals surface area contributed by atoms with Crippen molar-refractivity contribution in [1.29, 1.82) is 0 Å². The normalized spacial score (nSPS) is 14.1. The van der Waals surface area contributed by atoms with Crippen molar-refractivity contribution in [3.63, 3.8) is 0 Å². The third-order valence-corrected chi connectivity index (χ3v) is 11.5. The van der Waals surface area contributed by atoms with E-state index >= 15 is 0 Å². The fourth-order valence-corrected chi connectivity index (χ4v) is 8.84. The van der Waals surface area contributed by atoms with E-state index in [4.69, 9.17) is 15.0 Å². The number of aromatic nitrogens is 3. The molecular formula is C51H39N3. The van der Waals surface area contributed by atoms with Crippen LogP contribution in [0.4, 0.5) is 0 Å². The van der Waals surface area contributed by atoms with Gasteiger partial charge in [0, 0.05) is 22.1 Å². The summed E-state index contributed by atoms with van der Waals surface area (Å²) < 4.78 is 0. The molecule has 0 aliphatic heterocycles. The summed E-state index contributed by atoms with van der Waals surface area (Å²) in [5.74, 6) is 1.96. The van der Waals surface area contributed by atoms with Crippen LogP contribution in [0.3, 0.4) is 0 Å². The fraction of sp³-hybridized carbons (Fsp3) is 0.118. The molecule has 3 heteroatoms. The molecule has 0 N–H and O–H groups in total. The Morgan fingerprint density at radius 1 is 0.296 bits per heavy atom. The van der Waals surface area contributed by atoms with E-state index in [9.17, 15) is 0 Å². The Kier molecular flexibility index (Phi) is 8.06. The Morgan fingerprint density at radius 2 is 0.722 bits per heavy atom. The summed E-state index contributed by atoms with van der Waals surface area (Å²) in [7, 11) is 0. The molecule has 1 aromatic heterocycles. The van der Waals surface area contributed by atoms with Gasteiger partial charge in [0.25, 0.3) is 0 Å². The molecule has 0 amide bonds. The molecule has 8 aromatic rings. The van der Waals surface area contributed by atoms with E-state index < -0.39 is 0 Å². The van der Waals surface area contributed by atoms with Crippen LogP contribution in [-0.4, -0.2) is 15.0 Å². The molecule has 258 valence electrons. The molecule has 1 heterocycles. The summed E-state index contributed by atoms with van der Waals surface area (Å²) in [6, 6.07) is 63.0. The van der Waals surface area contributed by atoms with Crippen molar-refractivity contribution in [2.75, 3.05) is 0 Å². The molecule has 1 saturated carbocycles. The van der Waals surface area contributed by atoms with E-state index in [0.29, 0.717) is 17.5 Å². The first-order valence-corrected chi connectivity index (χ1v) is 19.1. The van der Waals surface area contributed by atoms with Gasteiger partial charge in [-0.15, -0.1) is 0 Å².